The van der Waals surface area contributed by atoms with Gasteiger partial charge in [0.15, 0.2) is 0 Å². The quantitative estimate of drug-likeness (QED) is 0.786. The van der Waals surface area contributed by atoms with Crippen molar-refractivity contribution in [1.29, 1.82) is 0 Å². The number of rotatable bonds is 2. The van der Waals surface area contributed by atoms with Crippen LogP contribution in [0.5, 0.6) is 5.75 Å². The predicted octanol–water partition coefficient (Wildman–Crippen LogP) is 3.16. The van der Waals surface area contributed by atoms with Gasteiger partial charge in [-0.25, -0.2) is 4.98 Å². The zero-order chi connectivity index (χ0) is 16.0. The summed E-state index contributed by atoms with van der Waals surface area (Å²) in [5, 5.41) is 3.62. The maximum atomic E-state index is 12.6. The van der Waals surface area contributed by atoms with Crippen LogP contribution in [0.15, 0.2) is 42.7 Å². The molecule has 23 heavy (non-hydrogen) atoms. The van der Waals surface area contributed by atoms with Gasteiger partial charge in [0.05, 0.1) is 12.2 Å². The number of benzene rings is 1. The van der Waals surface area contributed by atoms with Crippen LogP contribution >= 0.6 is 11.6 Å². The van der Waals surface area contributed by atoms with Crippen LogP contribution in [-0.2, 0) is 0 Å². The molecular weight excluding hydrogens is 314 g/mol. The Morgan fingerprint density at radius 3 is 3.13 bits per heavy atom. The number of nitrogens with zero attached hydrogens (tertiary/aromatic N) is 2. The van der Waals surface area contributed by atoms with Gasteiger partial charge in [0.1, 0.15) is 23.7 Å². The maximum absolute atomic E-state index is 12.6. The third kappa shape index (κ3) is 2.43. The molecule has 6 heteroatoms. The Kier molecular flexibility index (Phi) is 3.23. The van der Waals surface area contributed by atoms with Crippen LogP contribution in [0, 0.1) is 6.92 Å². The van der Waals surface area contributed by atoms with E-state index < -0.39 is 0 Å². The van der Waals surface area contributed by atoms with E-state index in [0.717, 1.165) is 22.5 Å². The number of carbonyl (C=O) groups excluding carboxylic acids is 1. The number of carbonyl (C=O) groups is 1. The second-order valence-corrected chi connectivity index (χ2v) is 6.03. The van der Waals surface area contributed by atoms with Gasteiger partial charge < -0.3 is 10.1 Å². The van der Waals surface area contributed by atoms with Crippen LogP contribution in [0.25, 0.3) is 5.65 Å². The zero-order valence-corrected chi connectivity index (χ0v) is 13.2. The molecule has 1 N–H and O–H groups in total. The normalized spacial score (nSPS) is 16.2. The third-order valence-electron chi connectivity index (χ3n) is 3.95. The van der Waals surface area contributed by atoms with E-state index in [9.17, 15) is 4.79 Å². The molecule has 1 aliphatic rings. The first-order chi connectivity index (χ1) is 11.1. The van der Waals surface area contributed by atoms with Crippen LogP contribution in [0.4, 0.5) is 0 Å². The smallest absolute Gasteiger partial charge is 0.270 e. The monoisotopic (exact) mass is 327 g/mol. The molecule has 0 radical (unpaired) electrons. The Morgan fingerprint density at radius 1 is 1.39 bits per heavy atom. The number of amides is 1. The van der Waals surface area contributed by atoms with Crippen LogP contribution in [0.3, 0.4) is 0 Å². The molecular formula is C17H14ClN3O2. The Hall–Kier alpha value is -2.53. The molecule has 116 valence electrons. The molecule has 0 fully saturated rings. The first kappa shape index (κ1) is 14.1. The molecule has 3 heterocycles. The summed E-state index contributed by atoms with van der Waals surface area (Å²) in [5.74, 6) is 0.538. The molecule has 1 aromatic carbocycles. The SMILES string of the molecule is Cc1ccc2ncc(C(=O)N[C@@H]3COc4cc(Cl)ccc43)n2c1. The van der Waals surface area contributed by atoms with Crippen molar-refractivity contribution in [2.75, 3.05) is 6.61 Å². The van der Waals surface area contributed by atoms with Crippen molar-refractivity contribution in [2.45, 2.75) is 13.0 Å². The highest BCUT2D eigenvalue weighted by Gasteiger charge is 2.27. The summed E-state index contributed by atoms with van der Waals surface area (Å²) < 4.78 is 7.39. The molecule has 1 atom stereocenters. The van der Waals surface area contributed by atoms with Gasteiger partial charge >= 0.3 is 0 Å². The van der Waals surface area contributed by atoms with Gasteiger partial charge in [-0.15, -0.1) is 0 Å². The lowest BCUT2D eigenvalue weighted by molar-refractivity contribution is 0.0924. The molecule has 0 bridgehead atoms. The van der Waals surface area contributed by atoms with Gasteiger partial charge in [0, 0.05) is 16.8 Å². The van der Waals surface area contributed by atoms with E-state index in [1.165, 1.54) is 0 Å². The lowest BCUT2D eigenvalue weighted by Gasteiger charge is -2.11. The molecule has 0 saturated carbocycles. The number of ether oxygens (including phenoxy) is 1. The lowest BCUT2D eigenvalue weighted by Crippen LogP contribution is -2.30. The fourth-order valence-corrected chi connectivity index (χ4v) is 2.95. The van der Waals surface area contributed by atoms with Crippen LogP contribution < -0.4 is 10.1 Å². The van der Waals surface area contributed by atoms with Crippen molar-refractivity contribution < 1.29 is 9.53 Å². The number of imidazole rings is 1. The lowest BCUT2D eigenvalue weighted by atomic mass is 10.1. The van der Waals surface area contributed by atoms with Gasteiger partial charge in [0.25, 0.3) is 5.91 Å². The number of nitrogens with one attached hydrogen (secondary N) is 1. The summed E-state index contributed by atoms with van der Waals surface area (Å²) in [6.07, 6.45) is 3.48. The average molecular weight is 328 g/mol. The predicted molar refractivity (Wildman–Crippen MR) is 87.1 cm³/mol. The van der Waals surface area contributed by atoms with Crippen LogP contribution in [-0.4, -0.2) is 21.9 Å². The Bertz CT molecular complexity index is 919. The van der Waals surface area contributed by atoms with Gasteiger partial charge in [-0.05, 0) is 30.7 Å². The minimum Gasteiger partial charge on any atom is -0.491 e. The minimum atomic E-state index is -0.190. The molecule has 5 nitrogen and oxygen atoms in total. The molecule has 0 aliphatic carbocycles. The second-order valence-electron chi connectivity index (χ2n) is 5.60. The average Bonchev–Trinajstić information content (AvgIpc) is 3.11. The van der Waals surface area contributed by atoms with E-state index in [4.69, 9.17) is 16.3 Å². The molecule has 2 aromatic heterocycles. The van der Waals surface area contributed by atoms with Crippen molar-refractivity contribution in [3.05, 3.63) is 64.6 Å². The van der Waals surface area contributed by atoms with E-state index in [-0.39, 0.29) is 11.9 Å². The van der Waals surface area contributed by atoms with Crippen molar-refractivity contribution >= 4 is 23.2 Å². The highest BCUT2D eigenvalue weighted by atomic mass is 35.5. The van der Waals surface area contributed by atoms with Crippen molar-refractivity contribution in [3.63, 3.8) is 0 Å². The molecule has 4 rings (SSSR count). The summed E-state index contributed by atoms with van der Waals surface area (Å²) in [5.41, 5.74) is 3.25. The van der Waals surface area contributed by atoms with Gasteiger partial charge in [-0.1, -0.05) is 23.7 Å². The molecule has 0 unspecified atom stereocenters. The number of hydrogen-bond acceptors (Lipinski definition) is 3. The highest BCUT2D eigenvalue weighted by Crippen LogP contribution is 2.34. The van der Waals surface area contributed by atoms with Gasteiger partial charge in [-0.3, -0.25) is 9.20 Å². The Labute approximate surface area is 137 Å². The fraction of sp³-hybridized carbons (Fsp3) is 0.176. The largest absolute Gasteiger partial charge is 0.491 e. The fourth-order valence-electron chi connectivity index (χ4n) is 2.79. The standard InChI is InChI=1S/C17H14ClN3O2/c1-10-2-5-16-19-7-14(21(16)8-10)17(22)20-13-9-23-15-6-11(18)3-4-12(13)15/h2-8,13H,9H2,1H3,(H,20,22)/t13-/m1/s1. The Morgan fingerprint density at radius 2 is 2.26 bits per heavy atom. The summed E-state index contributed by atoms with van der Waals surface area (Å²) in [4.78, 5) is 16.9. The number of aryl methyl sites for hydroxylation is 1. The summed E-state index contributed by atoms with van der Waals surface area (Å²) in [7, 11) is 0. The molecule has 0 saturated heterocycles. The van der Waals surface area contributed by atoms with Crippen molar-refractivity contribution in [2.24, 2.45) is 0 Å². The number of aromatic nitrogens is 2. The number of hydrogen-bond donors (Lipinski definition) is 1. The van der Waals surface area contributed by atoms with E-state index in [0.29, 0.717) is 17.3 Å². The number of pyridine rings is 1. The molecule has 3 aromatic rings. The maximum Gasteiger partial charge on any atom is 0.270 e. The third-order valence-corrected chi connectivity index (χ3v) is 4.18. The minimum absolute atomic E-state index is 0.181. The first-order valence-corrected chi connectivity index (χ1v) is 7.66. The van der Waals surface area contributed by atoms with Gasteiger partial charge in [0.2, 0.25) is 0 Å². The molecule has 0 spiro atoms. The van der Waals surface area contributed by atoms with Gasteiger partial charge in [-0.2, -0.15) is 0 Å². The zero-order valence-electron chi connectivity index (χ0n) is 12.4. The summed E-state index contributed by atoms with van der Waals surface area (Å²) in [6, 6.07) is 9.11. The van der Waals surface area contributed by atoms with E-state index >= 15 is 0 Å². The first-order valence-electron chi connectivity index (χ1n) is 7.28. The summed E-state index contributed by atoms with van der Waals surface area (Å²) >= 11 is 5.96. The summed E-state index contributed by atoms with van der Waals surface area (Å²) in [6.45, 7) is 2.38. The second kappa shape index (κ2) is 5.28. The van der Waals surface area contributed by atoms with E-state index in [1.54, 1.807) is 22.7 Å². The highest BCUT2D eigenvalue weighted by molar-refractivity contribution is 6.30. The topological polar surface area (TPSA) is 55.6 Å². The van der Waals surface area contributed by atoms with Crippen LogP contribution in [0.2, 0.25) is 5.02 Å². The van der Waals surface area contributed by atoms with Crippen molar-refractivity contribution in [3.8, 4) is 5.75 Å². The number of halogens is 1. The number of fused-ring (bicyclic) bond motifs is 2. The molecule has 1 amide bonds. The Balaban J connectivity index is 1.62. The molecule has 1 aliphatic heterocycles. The van der Waals surface area contributed by atoms with E-state index in [1.807, 2.05) is 31.3 Å². The van der Waals surface area contributed by atoms with Crippen LogP contribution in [0.1, 0.15) is 27.7 Å². The van der Waals surface area contributed by atoms with Crippen molar-refractivity contribution in [1.82, 2.24) is 14.7 Å². The van der Waals surface area contributed by atoms with E-state index in [2.05, 4.69) is 10.3 Å².